The summed E-state index contributed by atoms with van der Waals surface area (Å²) in [6.45, 7) is 5.38. The smallest absolute Gasteiger partial charge is 0.187 e. The van der Waals surface area contributed by atoms with Crippen molar-refractivity contribution in [2.75, 3.05) is 39.6 Å². The Hall–Kier alpha value is -1.54. The van der Waals surface area contributed by atoms with Crippen LogP contribution >= 0.6 is 0 Å². The first kappa shape index (κ1) is 65.4. The number of aliphatic hydroxyl groups is 17. The van der Waals surface area contributed by atoms with E-state index in [2.05, 4.69) is 20.8 Å². The standard InChI is InChI=1S/C56H92O28/c1-20(18-74-50-44(71)40(67)37(64)31(14-57)78-50)5-8-28-21(2)35-30(76-28)12-25-23-7-6-22-11-29(26(61)13-56(22,4)24(23)9-10-55(25,35)3)77-52-46(73)42(69)47(34(17-60)81-52)82-54-49(84-53-45(72)41(68)38(65)32(15-58)79-53)48(39(66)33(16-59)80-54)83-51-43(70)36(63)27(62)19-75-51/h20,22-27,29-54,57-73H,5-19H2,1-4H3/t20-,22+,23-,24+,25+,26-,27-,29-,30+,31-,32-,33-,34-,35+,36+,37-,38+,39-,40+,41+,42-,43-,44-,45-,46-,47+,48+,49-,50-,51+,52-,53+,54+,55+,56+/m1/s1. The van der Waals surface area contributed by atoms with Crippen LogP contribution in [0, 0.1) is 46.3 Å². The van der Waals surface area contributed by atoms with E-state index in [9.17, 15) is 86.8 Å². The fraction of sp³-hybridized carbons (Fsp3) is 0.964. The van der Waals surface area contributed by atoms with Gasteiger partial charge in [-0.1, -0.05) is 20.8 Å². The second kappa shape index (κ2) is 26.4. The molecule has 0 radical (unpaired) electrons. The Morgan fingerprint density at radius 1 is 0.524 bits per heavy atom. The molecule has 4 aliphatic carbocycles. The Morgan fingerprint density at radius 3 is 1.75 bits per heavy atom. The summed E-state index contributed by atoms with van der Waals surface area (Å²) in [5.74, 6) is 2.49. The van der Waals surface area contributed by atoms with Gasteiger partial charge in [0.2, 0.25) is 0 Å². The summed E-state index contributed by atoms with van der Waals surface area (Å²) < 4.78 is 65.8. The van der Waals surface area contributed by atoms with E-state index in [1.165, 1.54) is 5.57 Å². The van der Waals surface area contributed by atoms with Crippen molar-refractivity contribution >= 4 is 0 Å². The highest BCUT2D eigenvalue weighted by Crippen LogP contribution is 2.70. The predicted molar refractivity (Wildman–Crippen MR) is 278 cm³/mol. The van der Waals surface area contributed by atoms with Gasteiger partial charge in [0.05, 0.1) is 57.6 Å². The van der Waals surface area contributed by atoms with E-state index in [1.807, 2.05) is 6.92 Å². The highest BCUT2D eigenvalue weighted by atomic mass is 16.8. The Morgan fingerprint density at radius 2 is 1.08 bits per heavy atom. The van der Waals surface area contributed by atoms with Crippen LogP contribution in [-0.4, -0.2) is 292 Å². The van der Waals surface area contributed by atoms with E-state index in [1.54, 1.807) is 0 Å². The summed E-state index contributed by atoms with van der Waals surface area (Å²) in [6, 6.07) is 0. The number of aliphatic hydroxyl groups excluding tert-OH is 17. The second-order valence-electron chi connectivity index (χ2n) is 26.2. The van der Waals surface area contributed by atoms with Crippen molar-refractivity contribution in [2.45, 2.75) is 251 Å². The van der Waals surface area contributed by atoms with Gasteiger partial charge in [0.25, 0.3) is 0 Å². The molecule has 28 heteroatoms. The second-order valence-corrected chi connectivity index (χ2v) is 26.2. The number of hydrogen-bond acceptors (Lipinski definition) is 28. The fourth-order valence-corrected chi connectivity index (χ4v) is 16.4. The number of fused-ring (bicyclic) bond motifs is 7. The number of ether oxygens (including phenoxy) is 11. The molecule has 0 amide bonds. The van der Waals surface area contributed by atoms with E-state index >= 15 is 0 Å². The Kier molecular flexibility index (Phi) is 20.5. The molecule has 0 spiro atoms. The monoisotopic (exact) mass is 1210 g/mol. The van der Waals surface area contributed by atoms with Gasteiger partial charge in [-0.05, 0) is 104 Å². The van der Waals surface area contributed by atoms with Crippen molar-refractivity contribution in [3.05, 3.63) is 11.3 Å². The lowest BCUT2D eigenvalue weighted by molar-refractivity contribution is -0.404. The van der Waals surface area contributed by atoms with Gasteiger partial charge < -0.3 is 139 Å². The van der Waals surface area contributed by atoms with E-state index in [0.717, 1.165) is 44.3 Å². The van der Waals surface area contributed by atoms with Gasteiger partial charge in [0.1, 0.15) is 122 Å². The van der Waals surface area contributed by atoms with Crippen LogP contribution in [0.15, 0.2) is 11.3 Å². The van der Waals surface area contributed by atoms with Crippen LogP contribution in [0.5, 0.6) is 0 Å². The molecule has 0 unspecified atom stereocenters. The zero-order chi connectivity index (χ0) is 60.6. The first-order valence-electron chi connectivity index (χ1n) is 30.0. The van der Waals surface area contributed by atoms with Crippen LogP contribution in [0.4, 0.5) is 0 Å². The molecule has 6 aliphatic heterocycles. The van der Waals surface area contributed by atoms with Gasteiger partial charge in [0.15, 0.2) is 31.5 Å². The van der Waals surface area contributed by atoms with Crippen LogP contribution in [-0.2, 0) is 52.1 Å². The van der Waals surface area contributed by atoms with Crippen molar-refractivity contribution < 1.29 is 139 Å². The van der Waals surface area contributed by atoms with Gasteiger partial charge in [-0.2, -0.15) is 0 Å². The van der Waals surface area contributed by atoms with Crippen molar-refractivity contribution in [3.63, 3.8) is 0 Å². The van der Waals surface area contributed by atoms with Crippen molar-refractivity contribution in [1.29, 1.82) is 0 Å². The average molecular weight is 1210 g/mol. The molecule has 84 heavy (non-hydrogen) atoms. The highest BCUT2D eigenvalue weighted by molar-refractivity contribution is 5.27. The predicted octanol–water partition coefficient (Wildman–Crippen LogP) is -5.57. The van der Waals surface area contributed by atoms with Gasteiger partial charge in [-0.25, -0.2) is 0 Å². The third-order valence-corrected chi connectivity index (χ3v) is 21.2. The summed E-state index contributed by atoms with van der Waals surface area (Å²) in [7, 11) is 0. The molecule has 17 N–H and O–H groups in total. The van der Waals surface area contributed by atoms with Gasteiger partial charge >= 0.3 is 0 Å². The van der Waals surface area contributed by atoms with Crippen LogP contribution in [0.25, 0.3) is 0 Å². The molecule has 0 aromatic rings. The van der Waals surface area contributed by atoms with Crippen LogP contribution < -0.4 is 0 Å². The fourth-order valence-electron chi connectivity index (χ4n) is 16.4. The lowest BCUT2D eigenvalue weighted by Crippen LogP contribution is -2.68. The largest absolute Gasteiger partial charge is 0.494 e. The summed E-state index contributed by atoms with van der Waals surface area (Å²) in [5.41, 5.74) is 1.01. The SMILES string of the molecule is CC1=C(CC[C@@H](C)CO[C@@H]2O[C@H](CO)[C@@H](O)[C@H](O)[C@H]2O)O[C@H]2C[C@H]3[C@@H]4CC[C@H]5C[C@@H](O[C@@H]6O[C@H](CO)[C@H](O[C@@H]7O[C@H](CO)[C@@H](O)[C@H](O[C@@H]8OC[C@@H](O)[C@H](O)[C@H]8O)[C@H]7O[C@@H]7O[C@H](CO)[C@H](O)[C@H](O)[C@H]7O)[C@H](O)[C@H]6O)[C@H](O)C[C@]5(C)[C@H]4CC[C@]3(C)[C@@H]12. The lowest BCUT2D eigenvalue weighted by atomic mass is 9.44. The summed E-state index contributed by atoms with van der Waals surface area (Å²) >= 11 is 0. The molecule has 6 heterocycles. The number of hydrogen-bond donors (Lipinski definition) is 17. The lowest BCUT2D eigenvalue weighted by Gasteiger charge is -2.61. The maximum Gasteiger partial charge on any atom is 0.187 e. The van der Waals surface area contributed by atoms with Gasteiger partial charge in [-0.3, -0.25) is 0 Å². The number of allylic oxidation sites excluding steroid dienone is 1. The minimum absolute atomic E-state index is 0.000376. The normalized spacial score (nSPS) is 53.6. The molecule has 28 nitrogen and oxygen atoms in total. The molecule has 9 fully saturated rings. The third-order valence-electron chi connectivity index (χ3n) is 21.2. The maximum absolute atomic E-state index is 12.0. The first-order chi connectivity index (χ1) is 39.9. The first-order valence-corrected chi connectivity index (χ1v) is 30.0. The summed E-state index contributed by atoms with van der Waals surface area (Å²) in [6.07, 6.45) is -35.8. The molecule has 4 saturated carbocycles. The van der Waals surface area contributed by atoms with E-state index < -0.39 is 193 Å². The molecule has 0 aromatic carbocycles. The minimum atomic E-state index is -2.04. The zero-order valence-electron chi connectivity index (χ0n) is 47.8. The van der Waals surface area contributed by atoms with Crippen LogP contribution in [0.2, 0.25) is 0 Å². The number of rotatable bonds is 18. The van der Waals surface area contributed by atoms with Gasteiger partial charge in [-0.15, -0.1) is 0 Å². The van der Waals surface area contributed by atoms with E-state index in [0.29, 0.717) is 37.0 Å². The summed E-state index contributed by atoms with van der Waals surface area (Å²) in [5, 5.41) is 182. The van der Waals surface area contributed by atoms with Crippen molar-refractivity contribution in [2.24, 2.45) is 46.3 Å². The van der Waals surface area contributed by atoms with E-state index in [4.69, 9.17) is 52.1 Å². The minimum Gasteiger partial charge on any atom is -0.494 e. The van der Waals surface area contributed by atoms with Crippen LogP contribution in [0.1, 0.15) is 85.5 Å². The molecule has 0 bridgehead atoms. The van der Waals surface area contributed by atoms with Crippen molar-refractivity contribution in [3.8, 4) is 0 Å². The molecule has 5 saturated heterocycles. The molecule has 10 aliphatic rings. The third kappa shape index (κ3) is 12.0. The quantitative estimate of drug-likeness (QED) is 0.0569. The molecular formula is C56H92O28. The summed E-state index contributed by atoms with van der Waals surface area (Å²) in [4.78, 5) is 0. The van der Waals surface area contributed by atoms with Gasteiger partial charge in [0, 0.05) is 12.3 Å². The van der Waals surface area contributed by atoms with Crippen molar-refractivity contribution in [1.82, 2.24) is 0 Å². The molecule has 0 aromatic heterocycles. The molecular weight excluding hydrogens is 1120 g/mol. The van der Waals surface area contributed by atoms with Crippen LogP contribution in [0.3, 0.4) is 0 Å². The Bertz CT molecular complexity index is 2200. The Labute approximate surface area is 486 Å². The molecule has 10 rings (SSSR count). The van der Waals surface area contributed by atoms with E-state index in [-0.39, 0.29) is 41.3 Å². The molecule has 35 atom stereocenters. The zero-order valence-corrected chi connectivity index (χ0v) is 47.8. The average Bonchev–Trinajstić information content (AvgIpc) is 2.90. The topological polar surface area (TPSA) is 445 Å². The Balaban J connectivity index is 0.773. The molecule has 484 valence electrons. The highest BCUT2D eigenvalue weighted by Gasteiger charge is 2.66. The maximum atomic E-state index is 12.0.